The largest absolute Gasteiger partial charge is 0.300 e. The van der Waals surface area contributed by atoms with Crippen molar-refractivity contribution in [1.29, 1.82) is 0 Å². The van der Waals surface area contributed by atoms with Crippen LogP contribution in [0.2, 0.25) is 0 Å². The minimum atomic E-state index is 0.453. The third kappa shape index (κ3) is 3.57. The first-order valence-corrected chi connectivity index (χ1v) is 12.9. The molecule has 9 atom stereocenters. The topological polar surface area (TPSA) is 17.1 Å². The molecule has 164 valence electrons. The molecule has 0 heterocycles. The highest BCUT2D eigenvalue weighted by atomic mass is 16.1. The van der Waals surface area contributed by atoms with Crippen molar-refractivity contribution in [2.75, 3.05) is 0 Å². The Morgan fingerprint density at radius 2 is 1.59 bits per heavy atom. The van der Waals surface area contributed by atoms with Crippen molar-refractivity contribution in [2.45, 2.75) is 99.3 Å². The highest BCUT2D eigenvalue weighted by Gasteiger charge is 2.60. The molecule has 4 aliphatic rings. The van der Waals surface area contributed by atoms with E-state index in [1.165, 1.54) is 44.9 Å². The van der Waals surface area contributed by atoms with Crippen LogP contribution in [0.25, 0.3) is 0 Å². The molecule has 0 bridgehead atoms. The minimum absolute atomic E-state index is 0.453. The Bertz CT molecular complexity index is 647. The first-order valence-electron chi connectivity index (χ1n) is 12.9. The highest BCUT2D eigenvalue weighted by molar-refractivity contribution is 5.79. The van der Waals surface area contributed by atoms with Gasteiger partial charge in [-0.2, -0.15) is 0 Å². The number of ketones is 1. The lowest BCUT2D eigenvalue weighted by Gasteiger charge is -2.60. The zero-order valence-corrected chi connectivity index (χ0v) is 20.0. The molecule has 0 aromatic rings. The smallest absolute Gasteiger partial charge is 0.133 e. The molecule has 0 spiro atoms. The molecule has 0 saturated heterocycles. The van der Waals surface area contributed by atoms with E-state index in [1.54, 1.807) is 0 Å². The predicted molar refractivity (Wildman–Crippen MR) is 123 cm³/mol. The number of fused-ring (bicyclic) bond motifs is 5. The van der Waals surface area contributed by atoms with E-state index in [0.717, 1.165) is 42.4 Å². The molecule has 0 aromatic carbocycles. The van der Waals surface area contributed by atoms with E-state index in [9.17, 15) is 4.79 Å². The van der Waals surface area contributed by atoms with Gasteiger partial charge in [0.1, 0.15) is 5.78 Å². The second-order valence-electron chi connectivity index (χ2n) is 12.5. The summed E-state index contributed by atoms with van der Waals surface area (Å²) in [5, 5.41) is 0. The van der Waals surface area contributed by atoms with E-state index in [1.807, 2.05) is 0 Å². The highest BCUT2D eigenvalue weighted by Crippen LogP contribution is 2.68. The van der Waals surface area contributed by atoms with Gasteiger partial charge in [0.05, 0.1) is 0 Å². The fourth-order valence-electron chi connectivity index (χ4n) is 8.66. The van der Waals surface area contributed by atoms with Crippen molar-refractivity contribution in [3.05, 3.63) is 12.2 Å². The molecule has 1 heteroatoms. The number of hydrogen-bond acceptors (Lipinski definition) is 1. The molecule has 4 saturated carbocycles. The second-order valence-corrected chi connectivity index (χ2v) is 12.5. The van der Waals surface area contributed by atoms with Crippen molar-refractivity contribution < 1.29 is 4.79 Å². The van der Waals surface area contributed by atoms with E-state index < -0.39 is 0 Å². The van der Waals surface area contributed by atoms with Gasteiger partial charge < -0.3 is 0 Å². The van der Waals surface area contributed by atoms with Gasteiger partial charge in [-0.1, -0.05) is 53.7 Å². The molecule has 0 amide bonds. The Hall–Kier alpha value is -0.590. The molecule has 0 N–H and O–H groups in total. The lowest BCUT2D eigenvalue weighted by molar-refractivity contribution is -0.140. The predicted octanol–water partition coefficient (Wildman–Crippen LogP) is 7.70. The summed E-state index contributed by atoms with van der Waals surface area (Å²) in [7, 11) is 0. The van der Waals surface area contributed by atoms with Crippen LogP contribution in [0.4, 0.5) is 0 Å². The second kappa shape index (κ2) is 7.83. The summed E-state index contributed by atoms with van der Waals surface area (Å²) in [6.45, 7) is 14.8. The average molecular weight is 399 g/mol. The summed E-state index contributed by atoms with van der Waals surface area (Å²) in [5.74, 6) is 6.97. The van der Waals surface area contributed by atoms with Gasteiger partial charge in [0, 0.05) is 12.8 Å². The molecule has 1 nitrogen and oxygen atoms in total. The molecule has 0 aliphatic heterocycles. The van der Waals surface area contributed by atoms with E-state index in [4.69, 9.17) is 0 Å². The van der Waals surface area contributed by atoms with Crippen molar-refractivity contribution in [3.8, 4) is 0 Å². The van der Waals surface area contributed by atoms with Crippen LogP contribution >= 0.6 is 0 Å². The SMILES string of the molecule is CC(C)[C@@H](C)/C=C/[C@@H](C)[C@@H]1CC[C@@H]2[C@@H]3CC[C@H]4CC(=O)CC[C@]4(C)[C@H]3CC[C@]21C. The number of hydrogen-bond donors (Lipinski definition) is 0. The van der Waals surface area contributed by atoms with Crippen molar-refractivity contribution in [2.24, 2.45) is 58.2 Å². The molecular formula is C28H46O. The minimum Gasteiger partial charge on any atom is -0.300 e. The van der Waals surface area contributed by atoms with E-state index >= 15 is 0 Å². The molecular weight excluding hydrogens is 352 g/mol. The van der Waals surface area contributed by atoms with Gasteiger partial charge in [0.25, 0.3) is 0 Å². The summed E-state index contributed by atoms with van der Waals surface area (Å²) in [6.07, 6.45) is 16.5. The van der Waals surface area contributed by atoms with E-state index in [2.05, 4.69) is 53.7 Å². The summed E-state index contributed by atoms with van der Waals surface area (Å²) < 4.78 is 0. The summed E-state index contributed by atoms with van der Waals surface area (Å²) in [5.41, 5.74) is 0.994. The Morgan fingerprint density at radius 3 is 2.31 bits per heavy atom. The van der Waals surface area contributed by atoms with Gasteiger partial charge in [-0.3, -0.25) is 4.79 Å². The maximum atomic E-state index is 12.1. The first-order chi connectivity index (χ1) is 13.7. The lowest BCUT2D eigenvalue weighted by Crippen LogP contribution is -2.53. The summed E-state index contributed by atoms with van der Waals surface area (Å²) in [6, 6.07) is 0. The monoisotopic (exact) mass is 398 g/mol. The Labute approximate surface area is 180 Å². The average Bonchev–Trinajstić information content (AvgIpc) is 3.03. The number of carbonyl (C=O) groups is 1. The fraction of sp³-hybridized carbons (Fsp3) is 0.893. The maximum absolute atomic E-state index is 12.1. The zero-order chi connectivity index (χ0) is 21.0. The van der Waals surface area contributed by atoms with E-state index in [0.29, 0.717) is 34.4 Å². The zero-order valence-electron chi connectivity index (χ0n) is 20.0. The Balaban J connectivity index is 1.51. The molecule has 0 aromatic heterocycles. The third-order valence-electron chi connectivity index (χ3n) is 11.0. The van der Waals surface area contributed by atoms with Crippen LogP contribution in [-0.2, 0) is 4.79 Å². The van der Waals surface area contributed by atoms with Crippen LogP contribution in [0.1, 0.15) is 99.3 Å². The molecule has 4 rings (SSSR count). The molecule has 4 aliphatic carbocycles. The summed E-state index contributed by atoms with van der Waals surface area (Å²) >= 11 is 0. The van der Waals surface area contributed by atoms with Crippen molar-refractivity contribution >= 4 is 5.78 Å². The number of rotatable bonds is 4. The summed E-state index contributed by atoms with van der Waals surface area (Å²) in [4.78, 5) is 12.1. The van der Waals surface area contributed by atoms with Gasteiger partial charge >= 0.3 is 0 Å². The van der Waals surface area contributed by atoms with Gasteiger partial charge in [-0.25, -0.2) is 0 Å². The standard InChI is InChI=1S/C28H46O/c1-18(2)19(3)7-8-20(4)24-11-12-25-23-10-9-21-17-22(29)13-15-27(21,5)26(23)14-16-28(24,25)6/h7-8,18-21,23-26H,9-17H2,1-6H3/b8-7+/t19-,20+,21-,23-,24-,25+,26-,27-,28-/m0/s1. The maximum Gasteiger partial charge on any atom is 0.133 e. The normalized spacial score (nSPS) is 47.0. The van der Waals surface area contributed by atoms with Crippen LogP contribution < -0.4 is 0 Å². The molecule has 4 fully saturated rings. The fourth-order valence-corrected chi connectivity index (χ4v) is 8.66. The van der Waals surface area contributed by atoms with Gasteiger partial charge in [-0.05, 0) is 103 Å². The molecule has 0 radical (unpaired) electrons. The molecule has 29 heavy (non-hydrogen) atoms. The van der Waals surface area contributed by atoms with Crippen LogP contribution in [0, 0.1) is 58.2 Å². The number of Topliss-reactive ketones (excluding diaryl/α,β-unsaturated/α-hetero) is 1. The molecule has 0 unspecified atom stereocenters. The van der Waals surface area contributed by atoms with Gasteiger partial charge in [0.2, 0.25) is 0 Å². The van der Waals surface area contributed by atoms with Crippen LogP contribution in [0.15, 0.2) is 12.2 Å². The number of carbonyl (C=O) groups excluding carboxylic acids is 1. The van der Waals surface area contributed by atoms with Crippen LogP contribution in [0.5, 0.6) is 0 Å². The number of allylic oxidation sites excluding steroid dienone is 2. The van der Waals surface area contributed by atoms with Crippen LogP contribution in [-0.4, -0.2) is 5.78 Å². The third-order valence-corrected chi connectivity index (χ3v) is 11.0. The van der Waals surface area contributed by atoms with Crippen molar-refractivity contribution in [3.63, 3.8) is 0 Å². The quantitative estimate of drug-likeness (QED) is 0.443. The Morgan fingerprint density at radius 1 is 0.862 bits per heavy atom. The van der Waals surface area contributed by atoms with Gasteiger partial charge in [-0.15, -0.1) is 0 Å². The Kier molecular flexibility index (Phi) is 5.84. The lowest BCUT2D eigenvalue weighted by atomic mass is 9.44. The first kappa shape index (κ1) is 21.6. The van der Waals surface area contributed by atoms with Gasteiger partial charge in [0.15, 0.2) is 0 Å². The van der Waals surface area contributed by atoms with Crippen molar-refractivity contribution in [1.82, 2.24) is 0 Å². The van der Waals surface area contributed by atoms with Crippen LogP contribution in [0.3, 0.4) is 0 Å². The van der Waals surface area contributed by atoms with E-state index in [-0.39, 0.29) is 0 Å².